The molecular weight excluding hydrogens is 194 g/mol. The average Bonchev–Trinajstić information content (AvgIpc) is 3.02. The van der Waals surface area contributed by atoms with Gasteiger partial charge in [-0.05, 0) is 18.8 Å². The van der Waals surface area contributed by atoms with Crippen molar-refractivity contribution >= 4 is 5.97 Å². The maximum atomic E-state index is 11.1. The lowest BCUT2D eigenvalue weighted by Crippen LogP contribution is -2.44. The third-order valence-corrected chi connectivity index (χ3v) is 3.06. The third-order valence-electron chi connectivity index (χ3n) is 3.06. The van der Waals surface area contributed by atoms with Crippen LogP contribution in [0.4, 0.5) is 0 Å². The summed E-state index contributed by atoms with van der Waals surface area (Å²) in [4.78, 5) is 13.5. The highest BCUT2D eigenvalue weighted by atomic mass is 16.5. The first-order valence-corrected chi connectivity index (χ1v) is 5.68. The van der Waals surface area contributed by atoms with Crippen LogP contribution in [0.1, 0.15) is 19.3 Å². The third kappa shape index (κ3) is 3.47. The molecule has 0 amide bonds. The fourth-order valence-corrected chi connectivity index (χ4v) is 2.00. The molecule has 1 heterocycles. The summed E-state index contributed by atoms with van der Waals surface area (Å²) < 4.78 is 10.2. The lowest BCUT2D eigenvalue weighted by atomic mass is 10.2. The van der Waals surface area contributed by atoms with Gasteiger partial charge in [0.1, 0.15) is 0 Å². The minimum atomic E-state index is -0.173. The van der Waals surface area contributed by atoms with Crippen molar-refractivity contribution < 1.29 is 14.3 Å². The van der Waals surface area contributed by atoms with E-state index in [2.05, 4.69) is 9.64 Å². The number of carbonyl (C=O) groups is 1. The minimum Gasteiger partial charge on any atom is -0.469 e. The Bertz CT molecular complexity index is 228. The Kier molecular flexibility index (Phi) is 3.59. The van der Waals surface area contributed by atoms with E-state index in [4.69, 9.17) is 4.74 Å². The summed E-state index contributed by atoms with van der Waals surface area (Å²) in [5, 5.41) is 0. The molecule has 2 aliphatic rings. The lowest BCUT2D eigenvalue weighted by molar-refractivity contribution is -0.145. The molecule has 1 atom stereocenters. The van der Waals surface area contributed by atoms with Crippen molar-refractivity contribution in [3.8, 4) is 0 Å². The summed E-state index contributed by atoms with van der Waals surface area (Å²) in [6.45, 7) is 3.81. The van der Waals surface area contributed by atoms with Gasteiger partial charge in [0.05, 0.1) is 26.2 Å². The summed E-state index contributed by atoms with van der Waals surface area (Å²) in [5.74, 6) is 0.732. The molecule has 86 valence electrons. The molecule has 0 bridgehead atoms. The van der Waals surface area contributed by atoms with Crippen LogP contribution in [0.5, 0.6) is 0 Å². The van der Waals surface area contributed by atoms with E-state index >= 15 is 0 Å². The Hall–Kier alpha value is -0.610. The van der Waals surface area contributed by atoms with Gasteiger partial charge in [-0.25, -0.2) is 0 Å². The van der Waals surface area contributed by atoms with Gasteiger partial charge in [-0.2, -0.15) is 0 Å². The maximum absolute atomic E-state index is 11.1. The molecule has 1 aliphatic heterocycles. The number of methoxy groups -OCH3 is 1. The molecular formula is C11H19NO3. The number of hydrogen-bond donors (Lipinski definition) is 0. The van der Waals surface area contributed by atoms with Crippen LogP contribution in [0.25, 0.3) is 0 Å². The topological polar surface area (TPSA) is 38.8 Å². The van der Waals surface area contributed by atoms with Crippen LogP contribution in [0.2, 0.25) is 0 Å². The number of carbonyl (C=O) groups excluding carboxylic acids is 1. The van der Waals surface area contributed by atoms with Crippen molar-refractivity contribution in [2.45, 2.75) is 25.4 Å². The molecule has 0 aromatic rings. The standard InChI is InChI=1S/C11H19NO3/c1-14-11(13)6-10-8-12(4-5-15-10)7-9-2-3-9/h9-10H,2-8H2,1H3/t10-/m0/s1. The van der Waals surface area contributed by atoms with Crippen molar-refractivity contribution in [2.75, 3.05) is 33.4 Å². The predicted octanol–water partition coefficient (Wildman–Crippen LogP) is 0.660. The molecule has 1 saturated carbocycles. The van der Waals surface area contributed by atoms with E-state index in [1.54, 1.807) is 0 Å². The zero-order valence-electron chi connectivity index (χ0n) is 9.28. The molecule has 0 aromatic heterocycles. The van der Waals surface area contributed by atoms with Crippen LogP contribution >= 0.6 is 0 Å². The van der Waals surface area contributed by atoms with Crippen LogP contribution in [0.3, 0.4) is 0 Å². The monoisotopic (exact) mass is 213 g/mol. The van der Waals surface area contributed by atoms with Crippen LogP contribution < -0.4 is 0 Å². The normalized spacial score (nSPS) is 27.7. The summed E-state index contributed by atoms with van der Waals surface area (Å²) in [6, 6.07) is 0. The Balaban J connectivity index is 1.73. The van der Waals surface area contributed by atoms with Gasteiger partial charge in [0.25, 0.3) is 0 Å². The second-order valence-corrected chi connectivity index (χ2v) is 4.48. The molecule has 1 aliphatic carbocycles. The Morgan fingerprint density at radius 1 is 1.53 bits per heavy atom. The van der Waals surface area contributed by atoms with Gasteiger partial charge in [-0.3, -0.25) is 9.69 Å². The summed E-state index contributed by atoms with van der Waals surface area (Å²) in [6.07, 6.45) is 3.17. The van der Waals surface area contributed by atoms with Crippen LogP contribution in [-0.2, 0) is 14.3 Å². The fraction of sp³-hybridized carbons (Fsp3) is 0.909. The van der Waals surface area contributed by atoms with Crippen molar-refractivity contribution in [3.05, 3.63) is 0 Å². The van der Waals surface area contributed by atoms with Gasteiger partial charge in [-0.15, -0.1) is 0 Å². The lowest BCUT2D eigenvalue weighted by Gasteiger charge is -2.32. The number of hydrogen-bond acceptors (Lipinski definition) is 4. The first kappa shape index (κ1) is 10.9. The highest BCUT2D eigenvalue weighted by Crippen LogP contribution is 2.30. The van der Waals surface area contributed by atoms with E-state index in [-0.39, 0.29) is 12.1 Å². The zero-order chi connectivity index (χ0) is 10.7. The average molecular weight is 213 g/mol. The SMILES string of the molecule is COC(=O)C[C@H]1CN(CC2CC2)CCO1. The maximum Gasteiger partial charge on any atom is 0.308 e. The van der Waals surface area contributed by atoms with Gasteiger partial charge in [0.2, 0.25) is 0 Å². The van der Waals surface area contributed by atoms with Gasteiger partial charge >= 0.3 is 5.97 Å². The molecule has 0 unspecified atom stereocenters. The number of esters is 1. The van der Waals surface area contributed by atoms with E-state index in [1.807, 2.05) is 0 Å². The van der Waals surface area contributed by atoms with Crippen molar-refractivity contribution in [1.29, 1.82) is 0 Å². The van der Waals surface area contributed by atoms with Crippen molar-refractivity contribution in [1.82, 2.24) is 4.90 Å². The van der Waals surface area contributed by atoms with Crippen LogP contribution in [0.15, 0.2) is 0 Å². The molecule has 1 saturated heterocycles. The van der Waals surface area contributed by atoms with Gasteiger partial charge in [0.15, 0.2) is 0 Å². The quantitative estimate of drug-likeness (QED) is 0.643. The van der Waals surface area contributed by atoms with Gasteiger partial charge < -0.3 is 9.47 Å². The highest BCUT2D eigenvalue weighted by Gasteiger charge is 2.28. The summed E-state index contributed by atoms with van der Waals surface area (Å²) in [7, 11) is 1.42. The highest BCUT2D eigenvalue weighted by molar-refractivity contribution is 5.69. The van der Waals surface area contributed by atoms with Crippen LogP contribution in [-0.4, -0.2) is 50.3 Å². The molecule has 0 aromatic carbocycles. The number of nitrogens with zero attached hydrogens (tertiary/aromatic N) is 1. The number of rotatable bonds is 4. The van der Waals surface area contributed by atoms with E-state index in [0.717, 1.165) is 25.6 Å². The second kappa shape index (κ2) is 4.94. The Morgan fingerprint density at radius 2 is 2.33 bits per heavy atom. The molecule has 4 heteroatoms. The van der Waals surface area contributed by atoms with Crippen molar-refractivity contribution in [2.24, 2.45) is 5.92 Å². The second-order valence-electron chi connectivity index (χ2n) is 4.48. The molecule has 2 fully saturated rings. The van der Waals surface area contributed by atoms with E-state index in [9.17, 15) is 4.79 Å². The fourth-order valence-electron chi connectivity index (χ4n) is 2.00. The smallest absolute Gasteiger partial charge is 0.308 e. The Morgan fingerprint density at radius 3 is 3.00 bits per heavy atom. The van der Waals surface area contributed by atoms with Gasteiger partial charge in [-0.1, -0.05) is 0 Å². The van der Waals surface area contributed by atoms with Crippen molar-refractivity contribution in [3.63, 3.8) is 0 Å². The van der Waals surface area contributed by atoms with E-state index in [0.29, 0.717) is 6.42 Å². The largest absolute Gasteiger partial charge is 0.469 e. The molecule has 0 radical (unpaired) electrons. The van der Waals surface area contributed by atoms with Gasteiger partial charge in [0, 0.05) is 19.6 Å². The number of morpholine rings is 1. The first-order valence-electron chi connectivity index (χ1n) is 5.68. The summed E-state index contributed by atoms with van der Waals surface area (Å²) in [5.41, 5.74) is 0. The molecule has 4 nitrogen and oxygen atoms in total. The molecule has 0 spiro atoms. The predicted molar refractivity (Wildman–Crippen MR) is 55.5 cm³/mol. The minimum absolute atomic E-state index is 0.0324. The molecule has 15 heavy (non-hydrogen) atoms. The summed E-state index contributed by atoms with van der Waals surface area (Å²) >= 11 is 0. The molecule has 0 N–H and O–H groups in total. The Labute approximate surface area is 90.5 Å². The first-order chi connectivity index (χ1) is 7.28. The van der Waals surface area contributed by atoms with E-state index < -0.39 is 0 Å². The number of ether oxygens (including phenoxy) is 2. The zero-order valence-corrected chi connectivity index (χ0v) is 9.28. The van der Waals surface area contributed by atoms with E-state index in [1.165, 1.54) is 26.5 Å². The van der Waals surface area contributed by atoms with Crippen LogP contribution in [0, 0.1) is 5.92 Å². The molecule has 2 rings (SSSR count).